The van der Waals surface area contributed by atoms with Gasteiger partial charge in [0.05, 0.1) is 0 Å². The molecule has 0 saturated carbocycles. The Morgan fingerprint density at radius 3 is 2.77 bits per heavy atom. The summed E-state index contributed by atoms with van der Waals surface area (Å²) in [5.41, 5.74) is 0. The van der Waals surface area contributed by atoms with E-state index >= 15 is 0 Å². The zero-order valence-electron chi connectivity index (χ0n) is 7.21. The second-order valence-electron chi connectivity index (χ2n) is 2.77. The van der Waals surface area contributed by atoms with Gasteiger partial charge in [0.2, 0.25) is 0 Å². The number of esters is 1. The summed E-state index contributed by atoms with van der Waals surface area (Å²) in [7, 11) is 1.29. The minimum atomic E-state index is -1.15. The van der Waals surface area contributed by atoms with Crippen LogP contribution in [0.15, 0.2) is 12.7 Å². The van der Waals surface area contributed by atoms with Crippen LogP contribution in [0.5, 0.6) is 0 Å². The molecule has 1 fully saturated rings. The summed E-state index contributed by atoms with van der Waals surface area (Å²) in [4.78, 5) is 11.0. The number of hydrogen-bond donors (Lipinski definition) is 2. The standard InChI is InChI=1S/C8H12O5/c1-3-4(9)6-5(10)7(12-2)8(11)13-6/h3-7,9-10H,1H2,2H3/t4-,5-,6+,7-/m1/s1. The first-order chi connectivity index (χ1) is 6.11. The van der Waals surface area contributed by atoms with Gasteiger partial charge in [-0.05, 0) is 0 Å². The van der Waals surface area contributed by atoms with Gasteiger partial charge in [0.25, 0.3) is 0 Å². The molecule has 2 N–H and O–H groups in total. The second kappa shape index (κ2) is 3.87. The van der Waals surface area contributed by atoms with Crippen LogP contribution in [0.3, 0.4) is 0 Å². The molecule has 1 heterocycles. The van der Waals surface area contributed by atoms with E-state index in [4.69, 9.17) is 9.47 Å². The minimum absolute atomic E-state index is 0.666. The summed E-state index contributed by atoms with van der Waals surface area (Å²) in [5.74, 6) is -0.666. The summed E-state index contributed by atoms with van der Waals surface area (Å²) in [5, 5.41) is 18.7. The maximum atomic E-state index is 11.0. The first-order valence-corrected chi connectivity index (χ1v) is 3.83. The topological polar surface area (TPSA) is 76.0 Å². The Hall–Kier alpha value is -0.910. The number of rotatable bonds is 3. The van der Waals surface area contributed by atoms with Crippen LogP contribution in [0.2, 0.25) is 0 Å². The molecule has 0 spiro atoms. The molecule has 1 rings (SSSR count). The number of carbonyl (C=O) groups is 1. The molecule has 1 aliphatic heterocycles. The number of aliphatic hydroxyl groups excluding tert-OH is 2. The molecule has 1 aliphatic rings. The average Bonchev–Trinajstić information content (AvgIpc) is 2.40. The number of ether oxygens (including phenoxy) is 2. The van der Waals surface area contributed by atoms with Crippen molar-refractivity contribution in [3.63, 3.8) is 0 Å². The molecule has 5 heteroatoms. The van der Waals surface area contributed by atoms with E-state index in [9.17, 15) is 15.0 Å². The maximum Gasteiger partial charge on any atom is 0.338 e. The normalized spacial score (nSPS) is 35.6. The highest BCUT2D eigenvalue weighted by molar-refractivity contribution is 5.78. The molecule has 0 radical (unpaired) electrons. The Balaban J connectivity index is 2.72. The van der Waals surface area contributed by atoms with Gasteiger partial charge in [-0.3, -0.25) is 0 Å². The van der Waals surface area contributed by atoms with Crippen LogP contribution < -0.4 is 0 Å². The Bertz CT molecular complexity index is 215. The van der Waals surface area contributed by atoms with Crippen molar-refractivity contribution in [3.8, 4) is 0 Å². The second-order valence-corrected chi connectivity index (χ2v) is 2.77. The molecule has 5 nitrogen and oxygen atoms in total. The van der Waals surface area contributed by atoms with Crippen LogP contribution in [0.4, 0.5) is 0 Å². The first kappa shape index (κ1) is 10.2. The van der Waals surface area contributed by atoms with Gasteiger partial charge in [0, 0.05) is 7.11 Å². The van der Waals surface area contributed by atoms with Crippen molar-refractivity contribution in [1.82, 2.24) is 0 Å². The van der Waals surface area contributed by atoms with Crippen LogP contribution in [-0.2, 0) is 14.3 Å². The van der Waals surface area contributed by atoms with E-state index < -0.39 is 30.4 Å². The Morgan fingerprint density at radius 1 is 1.77 bits per heavy atom. The third-order valence-electron chi connectivity index (χ3n) is 1.96. The Labute approximate surface area is 75.6 Å². The highest BCUT2D eigenvalue weighted by Gasteiger charge is 2.46. The molecule has 0 aromatic carbocycles. The van der Waals surface area contributed by atoms with Gasteiger partial charge in [-0.25, -0.2) is 4.79 Å². The highest BCUT2D eigenvalue weighted by atomic mass is 16.6. The van der Waals surface area contributed by atoms with E-state index in [1.54, 1.807) is 0 Å². The lowest BCUT2D eigenvalue weighted by atomic mass is 10.1. The van der Waals surface area contributed by atoms with E-state index in [-0.39, 0.29) is 0 Å². The molecule has 0 unspecified atom stereocenters. The number of aliphatic hydroxyl groups is 2. The Morgan fingerprint density at radius 2 is 2.38 bits per heavy atom. The van der Waals surface area contributed by atoms with Crippen molar-refractivity contribution in [1.29, 1.82) is 0 Å². The quantitative estimate of drug-likeness (QED) is 0.431. The van der Waals surface area contributed by atoms with Gasteiger partial charge >= 0.3 is 5.97 Å². The van der Waals surface area contributed by atoms with Crippen LogP contribution in [-0.4, -0.2) is 47.7 Å². The summed E-state index contributed by atoms with van der Waals surface area (Å²) in [6, 6.07) is 0. The van der Waals surface area contributed by atoms with E-state index in [1.807, 2.05) is 0 Å². The van der Waals surface area contributed by atoms with Gasteiger partial charge in [0.1, 0.15) is 12.2 Å². The third-order valence-corrected chi connectivity index (χ3v) is 1.96. The minimum Gasteiger partial charge on any atom is -0.454 e. The molecule has 0 bridgehead atoms. The van der Waals surface area contributed by atoms with E-state index in [2.05, 4.69) is 6.58 Å². The number of methoxy groups -OCH3 is 1. The van der Waals surface area contributed by atoms with Crippen molar-refractivity contribution < 1.29 is 24.5 Å². The zero-order valence-corrected chi connectivity index (χ0v) is 7.21. The van der Waals surface area contributed by atoms with Crippen LogP contribution in [0.25, 0.3) is 0 Å². The summed E-state index contributed by atoms with van der Waals surface area (Å²) in [6.07, 6.45) is -3.02. The molecule has 74 valence electrons. The lowest BCUT2D eigenvalue weighted by Crippen LogP contribution is -2.38. The van der Waals surface area contributed by atoms with Crippen molar-refractivity contribution in [3.05, 3.63) is 12.7 Å². The monoisotopic (exact) mass is 188 g/mol. The molecule has 0 aromatic rings. The van der Waals surface area contributed by atoms with Gasteiger partial charge in [-0.1, -0.05) is 6.08 Å². The fourth-order valence-electron chi connectivity index (χ4n) is 1.22. The van der Waals surface area contributed by atoms with Crippen molar-refractivity contribution in [2.75, 3.05) is 7.11 Å². The Kier molecular flexibility index (Phi) is 3.02. The van der Waals surface area contributed by atoms with E-state index in [0.717, 1.165) is 0 Å². The maximum absolute atomic E-state index is 11.0. The summed E-state index contributed by atoms with van der Waals surface area (Å²) in [6.45, 7) is 3.32. The van der Waals surface area contributed by atoms with Crippen LogP contribution in [0.1, 0.15) is 0 Å². The van der Waals surface area contributed by atoms with Gasteiger partial charge < -0.3 is 19.7 Å². The number of hydrogen-bond acceptors (Lipinski definition) is 5. The summed E-state index contributed by atoms with van der Waals surface area (Å²) >= 11 is 0. The molecule has 1 saturated heterocycles. The van der Waals surface area contributed by atoms with Crippen molar-refractivity contribution in [2.24, 2.45) is 0 Å². The molecule has 13 heavy (non-hydrogen) atoms. The smallest absolute Gasteiger partial charge is 0.338 e. The lowest BCUT2D eigenvalue weighted by Gasteiger charge is -2.17. The molecule has 0 amide bonds. The largest absolute Gasteiger partial charge is 0.454 e. The summed E-state index contributed by atoms with van der Waals surface area (Å²) < 4.78 is 9.39. The third kappa shape index (κ3) is 1.72. The first-order valence-electron chi connectivity index (χ1n) is 3.83. The number of carbonyl (C=O) groups excluding carboxylic acids is 1. The van der Waals surface area contributed by atoms with Crippen molar-refractivity contribution in [2.45, 2.75) is 24.4 Å². The van der Waals surface area contributed by atoms with E-state index in [1.165, 1.54) is 13.2 Å². The molecular weight excluding hydrogens is 176 g/mol. The molecule has 0 aromatic heterocycles. The van der Waals surface area contributed by atoms with Crippen molar-refractivity contribution >= 4 is 5.97 Å². The molecule has 0 aliphatic carbocycles. The molecular formula is C8H12O5. The van der Waals surface area contributed by atoms with Gasteiger partial charge in [-0.15, -0.1) is 6.58 Å². The van der Waals surface area contributed by atoms with Crippen LogP contribution >= 0.6 is 0 Å². The van der Waals surface area contributed by atoms with Gasteiger partial charge in [0.15, 0.2) is 12.2 Å². The predicted octanol–water partition coefficient (Wildman–Crippen LogP) is -1.17. The SMILES string of the molecule is C=C[C@@H](O)[C@@H]1OC(=O)[C@H](OC)[C@@H]1O. The predicted molar refractivity (Wildman–Crippen MR) is 42.9 cm³/mol. The average molecular weight is 188 g/mol. The van der Waals surface area contributed by atoms with Crippen LogP contribution in [0, 0.1) is 0 Å². The fraction of sp³-hybridized carbons (Fsp3) is 0.625. The molecule has 4 atom stereocenters. The fourth-order valence-corrected chi connectivity index (χ4v) is 1.22. The lowest BCUT2D eigenvalue weighted by molar-refractivity contribution is -0.150. The zero-order chi connectivity index (χ0) is 10.0. The number of cyclic esters (lactones) is 1. The van der Waals surface area contributed by atoms with E-state index in [0.29, 0.717) is 0 Å². The highest BCUT2D eigenvalue weighted by Crippen LogP contribution is 2.21. The van der Waals surface area contributed by atoms with Gasteiger partial charge in [-0.2, -0.15) is 0 Å².